The fraction of sp³-hybridized carbons (Fsp3) is 0.526. The van der Waals surface area contributed by atoms with Crippen molar-refractivity contribution in [2.75, 3.05) is 6.54 Å². The Morgan fingerprint density at radius 2 is 2.21 bits per heavy atom. The van der Waals surface area contributed by atoms with Gasteiger partial charge in [-0.2, -0.15) is 0 Å². The van der Waals surface area contributed by atoms with Gasteiger partial charge in [-0.3, -0.25) is 0 Å². The molecule has 0 radical (unpaired) electrons. The van der Waals surface area contributed by atoms with Crippen LogP contribution in [0.3, 0.4) is 0 Å². The number of hydrogen-bond acceptors (Lipinski definition) is 5. The zero-order valence-electron chi connectivity index (χ0n) is 14.4. The number of hydrogen-bond donors (Lipinski definition) is 2. The molecule has 0 bridgehead atoms. The van der Waals surface area contributed by atoms with Crippen LogP contribution in [0, 0.1) is 0 Å². The summed E-state index contributed by atoms with van der Waals surface area (Å²) < 4.78 is 5.68. The van der Waals surface area contributed by atoms with Crippen LogP contribution in [-0.2, 0) is 6.54 Å². The number of aliphatic hydroxyl groups is 1. The van der Waals surface area contributed by atoms with E-state index in [0.29, 0.717) is 12.5 Å². The number of rotatable bonds is 8. The van der Waals surface area contributed by atoms with Crippen LogP contribution in [0.2, 0.25) is 0 Å². The van der Waals surface area contributed by atoms with Gasteiger partial charge in [0.05, 0.1) is 17.2 Å². The first-order valence-electron chi connectivity index (χ1n) is 8.72. The first-order chi connectivity index (χ1) is 11.6. The Hall–Kier alpha value is -1.43. The van der Waals surface area contributed by atoms with Gasteiger partial charge in [0.15, 0.2) is 0 Å². The first-order valence-corrected chi connectivity index (χ1v) is 9.53. The number of aliphatic hydroxyl groups excluding tert-OH is 1. The van der Waals surface area contributed by atoms with Crippen LogP contribution in [0.1, 0.15) is 60.6 Å². The summed E-state index contributed by atoms with van der Waals surface area (Å²) in [6.07, 6.45) is 5.46. The van der Waals surface area contributed by atoms with Crippen LogP contribution in [-0.4, -0.2) is 22.7 Å². The number of nitrogens with one attached hydrogen (secondary N) is 1. The van der Waals surface area contributed by atoms with Crippen LogP contribution in [0.15, 0.2) is 30.5 Å². The first kappa shape index (κ1) is 17.4. The summed E-state index contributed by atoms with van der Waals surface area (Å²) in [5, 5.41) is 15.0. The van der Waals surface area contributed by atoms with Crippen LogP contribution in [0.5, 0.6) is 5.75 Å². The summed E-state index contributed by atoms with van der Waals surface area (Å²) in [5.74, 6) is 1.49. The highest BCUT2D eigenvalue weighted by Gasteiger charge is 2.22. The molecule has 0 aliphatic heterocycles. The third kappa shape index (κ3) is 4.56. The van der Waals surface area contributed by atoms with E-state index in [1.165, 1.54) is 29.1 Å². The van der Waals surface area contributed by atoms with E-state index in [0.717, 1.165) is 17.9 Å². The van der Waals surface area contributed by atoms with E-state index in [2.05, 4.69) is 10.3 Å². The quantitative estimate of drug-likeness (QED) is 0.758. The highest BCUT2D eigenvalue weighted by Crippen LogP contribution is 2.38. The van der Waals surface area contributed by atoms with E-state index < -0.39 is 6.10 Å². The van der Waals surface area contributed by atoms with Gasteiger partial charge in [0, 0.05) is 30.1 Å². The zero-order chi connectivity index (χ0) is 16.9. The van der Waals surface area contributed by atoms with Gasteiger partial charge in [0.25, 0.3) is 0 Å². The molecule has 1 aliphatic rings. The van der Waals surface area contributed by atoms with E-state index in [9.17, 15) is 5.11 Å². The summed E-state index contributed by atoms with van der Waals surface area (Å²) in [6.45, 7) is 5.26. The smallest absolute Gasteiger partial charge is 0.120 e. The maximum absolute atomic E-state index is 10.4. The molecule has 1 aromatic heterocycles. The van der Waals surface area contributed by atoms with Gasteiger partial charge in [0.1, 0.15) is 5.75 Å². The molecule has 1 saturated carbocycles. The largest absolute Gasteiger partial charge is 0.491 e. The predicted octanol–water partition coefficient (Wildman–Crippen LogP) is 4.02. The average molecular weight is 346 g/mol. The van der Waals surface area contributed by atoms with E-state index in [-0.39, 0.29) is 6.10 Å². The minimum Gasteiger partial charge on any atom is -0.491 e. The maximum atomic E-state index is 10.4. The predicted molar refractivity (Wildman–Crippen MR) is 97.6 cm³/mol. The summed E-state index contributed by atoms with van der Waals surface area (Å²) in [5.41, 5.74) is 0.875. The molecular weight excluding hydrogens is 320 g/mol. The molecule has 1 unspecified atom stereocenters. The Morgan fingerprint density at radius 3 is 2.92 bits per heavy atom. The topological polar surface area (TPSA) is 54.4 Å². The Labute approximate surface area is 147 Å². The molecule has 1 aliphatic carbocycles. The number of aromatic nitrogens is 1. The monoisotopic (exact) mass is 346 g/mol. The molecule has 1 aromatic carbocycles. The van der Waals surface area contributed by atoms with Crippen molar-refractivity contribution in [1.29, 1.82) is 0 Å². The molecule has 3 rings (SSSR count). The third-order valence-electron chi connectivity index (χ3n) is 4.28. The lowest BCUT2D eigenvalue weighted by atomic mass is 9.86. The Morgan fingerprint density at radius 1 is 1.38 bits per heavy atom. The van der Waals surface area contributed by atoms with Gasteiger partial charge in [-0.1, -0.05) is 18.6 Å². The second-order valence-electron chi connectivity index (χ2n) is 6.68. The van der Waals surface area contributed by atoms with Crippen molar-refractivity contribution in [1.82, 2.24) is 10.3 Å². The molecule has 0 amide bonds. The molecule has 1 heterocycles. The number of benzene rings is 1. The molecule has 4 nitrogen and oxygen atoms in total. The van der Waals surface area contributed by atoms with Gasteiger partial charge >= 0.3 is 0 Å². The fourth-order valence-corrected chi connectivity index (χ4v) is 3.82. The molecule has 24 heavy (non-hydrogen) atoms. The molecule has 1 fully saturated rings. The van der Waals surface area contributed by atoms with Crippen LogP contribution < -0.4 is 10.1 Å². The SMILES string of the molecule is CC(C)Oc1cccc(C(O)CNCc2cnc(C3CCC3)s2)c1. The van der Waals surface area contributed by atoms with Crippen LogP contribution in [0.4, 0.5) is 0 Å². The summed E-state index contributed by atoms with van der Waals surface area (Å²) in [4.78, 5) is 5.77. The second kappa shape index (κ2) is 8.10. The molecule has 0 spiro atoms. The van der Waals surface area contributed by atoms with Crippen LogP contribution in [0.25, 0.3) is 0 Å². The van der Waals surface area contributed by atoms with Gasteiger partial charge in [-0.15, -0.1) is 11.3 Å². The summed E-state index contributed by atoms with van der Waals surface area (Å²) in [6, 6.07) is 7.68. The lowest BCUT2D eigenvalue weighted by molar-refractivity contribution is 0.173. The molecule has 5 heteroatoms. The van der Waals surface area contributed by atoms with Crippen molar-refractivity contribution < 1.29 is 9.84 Å². The summed E-state index contributed by atoms with van der Waals surface area (Å²) >= 11 is 1.80. The van der Waals surface area contributed by atoms with Crippen LogP contribution >= 0.6 is 11.3 Å². The van der Waals surface area contributed by atoms with Gasteiger partial charge < -0.3 is 15.2 Å². The van der Waals surface area contributed by atoms with Crippen molar-refractivity contribution >= 4 is 11.3 Å². The molecule has 1 atom stereocenters. The van der Waals surface area contributed by atoms with E-state index >= 15 is 0 Å². The summed E-state index contributed by atoms with van der Waals surface area (Å²) in [7, 11) is 0. The molecule has 2 N–H and O–H groups in total. The van der Waals surface area contributed by atoms with Crippen molar-refractivity contribution in [3.05, 3.63) is 45.9 Å². The maximum Gasteiger partial charge on any atom is 0.120 e. The Balaban J connectivity index is 1.48. The van der Waals surface area contributed by atoms with Gasteiger partial charge in [-0.05, 0) is 44.4 Å². The van der Waals surface area contributed by atoms with Crippen molar-refractivity contribution in [2.45, 2.75) is 57.8 Å². The minimum atomic E-state index is -0.542. The highest BCUT2D eigenvalue weighted by atomic mass is 32.1. The second-order valence-corrected chi connectivity index (χ2v) is 7.83. The number of nitrogens with zero attached hydrogens (tertiary/aromatic N) is 1. The Bertz CT molecular complexity index is 652. The standard InChI is InChI=1S/C19H26N2O2S/c1-13(2)23-16-8-4-7-15(9-16)18(22)12-20-10-17-11-21-19(24-17)14-5-3-6-14/h4,7-9,11,13-14,18,20,22H,3,5-6,10,12H2,1-2H3. The number of ether oxygens (including phenoxy) is 1. The highest BCUT2D eigenvalue weighted by molar-refractivity contribution is 7.11. The lowest BCUT2D eigenvalue weighted by Crippen LogP contribution is -2.20. The fourth-order valence-electron chi connectivity index (χ4n) is 2.77. The molecule has 0 saturated heterocycles. The van der Waals surface area contributed by atoms with E-state index in [4.69, 9.17) is 4.74 Å². The minimum absolute atomic E-state index is 0.131. The van der Waals surface area contributed by atoms with Gasteiger partial charge in [0.2, 0.25) is 0 Å². The van der Waals surface area contributed by atoms with Crippen molar-refractivity contribution in [2.24, 2.45) is 0 Å². The lowest BCUT2D eigenvalue weighted by Gasteiger charge is -2.22. The van der Waals surface area contributed by atoms with Crippen molar-refractivity contribution in [3.63, 3.8) is 0 Å². The molecular formula is C19H26N2O2S. The molecule has 130 valence electrons. The van der Waals surface area contributed by atoms with E-state index in [1.54, 1.807) is 11.3 Å². The molecule has 2 aromatic rings. The van der Waals surface area contributed by atoms with E-state index in [1.807, 2.05) is 44.3 Å². The third-order valence-corrected chi connectivity index (χ3v) is 5.44. The number of thiazole rings is 1. The van der Waals surface area contributed by atoms with Crippen molar-refractivity contribution in [3.8, 4) is 5.75 Å². The normalized spacial score (nSPS) is 16.2. The zero-order valence-corrected chi connectivity index (χ0v) is 15.2. The Kier molecular flexibility index (Phi) is 5.87. The average Bonchev–Trinajstić information content (AvgIpc) is 2.93. The van der Waals surface area contributed by atoms with Gasteiger partial charge in [-0.25, -0.2) is 4.98 Å².